The van der Waals surface area contributed by atoms with Gasteiger partial charge in [0.05, 0.1) is 30.4 Å². The van der Waals surface area contributed by atoms with Crippen LogP contribution in [-0.4, -0.2) is 59.8 Å². The number of ether oxygens (including phenoxy) is 1. The zero-order valence-corrected chi connectivity index (χ0v) is 16.8. The van der Waals surface area contributed by atoms with E-state index in [0.717, 1.165) is 28.8 Å². The summed E-state index contributed by atoms with van der Waals surface area (Å²) in [6.45, 7) is 2.59. The van der Waals surface area contributed by atoms with Crippen LogP contribution >= 0.6 is 0 Å². The van der Waals surface area contributed by atoms with Crippen LogP contribution in [0.4, 0.5) is 5.69 Å². The molecule has 154 valence electrons. The molecular weight excluding hydrogens is 378 g/mol. The van der Waals surface area contributed by atoms with Crippen LogP contribution in [0, 0.1) is 5.92 Å². The van der Waals surface area contributed by atoms with Gasteiger partial charge in [0, 0.05) is 30.6 Å². The molecule has 6 heteroatoms. The minimum Gasteiger partial charge on any atom is -0.490 e. The van der Waals surface area contributed by atoms with E-state index in [2.05, 4.69) is 16.0 Å². The summed E-state index contributed by atoms with van der Waals surface area (Å²) in [5.74, 6) is 0.898. The van der Waals surface area contributed by atoms with E-state index in [0.29, 0.717) is 32.8 Å². The van der Waals surface area contributed by atoms with Crippen molar-refractivity contribution in [3.05, 3.63) is 66.4 Å². The fourth-order valence-corrected chi connectivity index (χ4v) is 4.59. The lowest BCUT2D eigenvalue weighted by molar-refractivity contribution is -0.119. The maximum Gasteiger partial charge on any atom is 0.241 e. The molecule has 1 N–H and O–H groups in total. The van der Waals surface area contributed by atoms with Crippen molar-refractivity contribution in [2.24, 2.45) is 5.92 Å². The standard InChI is InChI=1S/C24H25N3O3/c28-22-15-26(16-24(29)27-11-12-30-23-8-4-3-7-21(23)27)14-18(22)13-17-9-10-25-20-6-2-1-5-19(17)20/h1-10,18,22,28H,11-16H2/t18-,22-/m1/s1. The van der Waals surface area contributed by atoms with Gasteiger partial charge in [-0.3, -0.25) is 14.7 Å². The lowest BCUT2D eigenvalue weighted by Crippen LogP contribution is -2.43. The summed E-state index contributed by atoms with van der Waals surface area (Å²) in [6, 6.07) is 17.8. The van der Waals surface area contributed by atoms with Crippen molar-refractivity contribution < 1.29 is 14.6 Å². The van der Waals surface area contributed by atoms with Crippen LogP contribution in [0.25, 0.3) is 10.9 Å². The van der Waals surface area contributed by atoms with Gasteiger partial charge in [0.15, 0.2) is 0 Å². The highest BCUT2D eigenvalue weighted by atomic mass is 16.5. The molecule has 1 aromatic heterocycles. The van der Waals surface area contributed by atoms with Crippen LogP contribution in [0.2, 0.25) is 0 Å². The van der Waals surface area contributed by atoms with E-state index in [1.165, 1.54) is 5.56 Å². The largest absolute Gasteiger partial charge is 0.490 e. The van der Waals surface area contributed by atoms with Crippen molar-refractivity contribution >= 4 is 22.5 Å². The van der Waals surface area contributed by atoms with E-state index < -0.39 is 6.10 Å². The highest BCUT2D eigenvalue weighted by Crippen LogP contribution is 2.31. The molecule has 0 spiro atoms. The molecule has 2 aromatic carbocycles. The van der Waals surface area contributed by atoms with Crippen molar-refractivity contribution in [2.75, 3.05) is 37.7 Å². The predicted molar refractivity (Wildman–Crippen MR) is 116 cm³/mol. The first kappa shape index (κ1) is 19.0. The van der Waals surface area contributed by atoms with Crippen LogP contribution in [-0.2, 0) is 11.2 Å². The quantitative estimate of drug-likeness (QED) is 0.725. The van der Waals surface area contributed by atoms with E-state index in [1.807, 2.05) is 54.7 Å². The minimum atomic E-state index is -0.443. The molecule has 3 aromatic rings. The van der Waals surface area contributed by atoms with Crippen molar-refractivity contribution in [3.63, 3.8) is 0 Å². The minimum absolute atomic E-state index is 0.0490. The molecule has 0 radical (unpaired) electrons. The van der Waals surface area contributed by atoms with E-state index in [-0.39, 0.29) is 11.8 Å². The molecule has 3 heterocycles. The molecule has 6 nitrogen and oxygen atoms in total. The molecule has 1 fully saturated rings. The van der Waals surface area contributed by atoms with E-state index in [4.69, 9.17) is 4.74 Å². The number of carbonyl (C=O) groups excluding carboxylic acids is 1. The highest BCUT2D eigenvalue weighted by Gasteiger charge is 2.34. The summed E-state index contributed by atoms with van der Waals surface area (Å²) < 4.78 is 5.66. The second-order valence-corrected chi connectivity index (χ2v) is 8.07. The Morgan fingerprint density at radius 1 is 1.10 bits per heavy atom. The fraction of sp³-hybridized carbons (Fsp3) is 0.333. The summed E-state index contributed by atoms with van der Waals surface area (Å²) in [5.41, 5.74) is 2.99. The Morgan fingerprint density at radius 3 is 2.87 bits per heavy atom. The number of fused-ring (bicyclic) bond motifs is 2. The van der Waals surface area contributed by atoms with Gasteiger partial charge in [-0.1, -0.05) is 30.3 Å². The van der Waals surface area contributed by atoms with Crippen LogP contribution in [0.15, 0.2) is 60.8 Å². The van der Waals surface area contributed by atoms with Crippen molar-refractivity contribution in [1.29, 1.82) is 0 Å². The van der Waals surface area contributed by atoms with Crippen LogP contribution in [0.5, 0.6) is 5.75 Å². The van der Waals surface area contributed by atoms with Crippen LogP contribution in [0.1, 0.15) is 5.56 Å². The number of anilines is 1. The number of aliphatic hydroxyl groups excluding tert-OH is 1. The van der Waals surface area contributed by atoms with Gasteiger partial charge in [-0.25, -0.2) is 0 Å². The highest BCUT2D eigenvalue weighted by molar-refractivity contribution is 5.96. The predicted octanol–water partition coefficient (Wildman–Crippen LogP) is 2.50. The average Bonchev–Trinajstić information content (AvgIpc) is 3.12. The number of hydrogen-bond donors (Lipinski definition) is 1. The number of aliphatic hydroxyl groups is 1. The first-order valence-corrected chi connectivity index (χ1v) is 10.4. The number of β-amino-alcohol motifs (C(OH)–C–C–N with tert-alkyl or cyclic N) is 1. The van der Waals surface area contributed by atoms with Crippen LogP contribution in [0.3, 0.4) is 0 Å². The topological polar surface area (TPSA) is 65.9 Å². The Kier molecular flexibility index (Phi) is 5.11. The Morgan fingerprint density at radius 2 is 1.93 bits per heavy atom. The van der Waals surface area contributed by atoms with Gasteiger partial charge in [-0.2, -0.15) is 0 Å². The third-order valence-electron chi connectivity index (χ3n) is 6.09. The number of hydrogen-bond acceptors (Lipinski definition) is 5. The summed E-state index contributed by atoms with van der Waals surface area (Å²) >= 11 is 0. The average molecular weight is 403 g/mol. The summed E-state index contributed by atoms with van der Waals surface area (Å²) in [7, 11) is 0. The van der Waals surface area contributed by atoms with E-state index >= 15 is 0 Å². The Balaban J connectivity index is 1.27. The molecule has 2 aliphatic heterocycles. The molecule has 2 aliphatic rings. The van der Waals surface area contributed by atoms with Gasteiger partial charge >= 0.3 is 0 Å². The number of nitrogens with zero attached hydrogens (tertiary/aromatic N) is 3. The smallest absolute Gasteiger partial charge is 0.241 e. The summed E-state index contributed by atoms with van der Waals surface area (Å²) in [4.78, 5) is 21.3. The van der Waals surface area contributed by atoms with Gasteiger partial charge in [-0.15, -0.1) is 0 Å². The van der Waals surface area contributed by atoms with Gasteiger partial charge < -0.3 is 14.7 Å². The number of para-hydroxylation sites is 3. The van der Waals surface area contributed by atoms with Crippen molar-refractivity contribution in [1.82, 2.24) is 9.88 Å². The number of likely N-dealkylation sites (tertiary alicyclic amines) is 1. The lowest BCUT2D eigenvalue weighted by atomic mass is 9.94. The van der Waals surface area contributed by atoms with Crippen molar-refractivity contribution in [2.45, 2.75) is 12.5 Å². The SMILES string of the molecule is O=C(CN1C[C@@H](Cc2ccnc3ccccc23)[C@H](O)C1)N1CCOc2ccccc21. The molecule has 0 bridgehead atoms. The molecule has 5 rings (SSSR count). The first-order chi connectivity index (χ1) is 14.7. The maximum atomic E-state index is 13.0. The number of carbonyl (C=O) groups is 1. The number of pyridine rings is 1. The first-order valence-electron chi connectivity index (χ1n) is 10.4. The molecule has 1 saturated heterocycles. The monoisotopic (exact) mass is 403 g/mol. The third-order valence-corrected chi connectivity index (χ3v) is 6.09. The van der Waals surface area contributed by atoms with Crippen LogP contribution < -0.4 is 9.64 Å². The molecular formula is C24H25N3O3. The van der Waals surface area contributed by atoms with Gasteiger partial charge in [0.25, 0.3) is 0 Å². The Hall–Kier alpha value is -2.96. The summed E-state index contributed by atoms with van der Waals surface area (Å²) in [5, 5.41) is 11.8. The molecule has 2 atom stereocenters. The molecule has 0 unspecified atom stereocenters. The molecule has 30 heavy (non-hydrogen) atoms. The number of amides is 1. The zero-order chi connectivity index (χ0) is 20.5. The number of benzene rings is 2. The Bertz CT molecular complexity index is 1070. The number of rotatable bonds is 4. The second kappa shape index (κ2) is 8.05. The molecule has 0 aliphatic carbocycles. The van der Waals surface area contributed by atoms with Gasteiger partial charge in [0.1, 0.15) is 12.4 Å². The molecule has 0 saturated carbocycles. The normalized spacial score (nSPS) is 21.4. The third kappa shape index (κ3) is 3.64. The van der Waals surface area contributed by atoms with Gasteiger partial charge in [0.2, 0.25) is 5.91 Å². The molecule has 1 amide bonds. The van der Waals surface area contributed by atoms with E-state index in [1.54, 1.807) is 4.90 Å². The zero-order valence-electron chi connectivity index (χ0n) is 16.8. The lowest BCUT2D eigenvalue weighted by Gasteiger charge is -2.30. The summed E-state index contributed by atoms with van der Waals surface area (Å²) in [6.07, 6.45) is 2.16. The van der Waals surface area contributed by atoms with Gasteiger partial charge in [-0.05, 0) is 36.2 Å². The number of aromatic nitrogens is 1. The van der Waals surface area contributed by atoms with Crippen molar-refractivity contribution in [3.8, 4) is 5.75 Å². The second-order valence-electron chi connectivity index (χ2n) is 8.07. The Labute approximate surface area is 175 Å². The fourth-order valence-electron chi connectivity index (χ4n) is 4.59. The van der Waals surface area contributed by atoms with E-state index in [9.17, 15) is 9.90 Å². The maximum absolute atomic E-state index is 13.0.